The first-order valence-electron chi connectivity index (χ1n) is 7.50. The number of hydrogen-bond donors (Lipinski definition) is 3. The zero-order valence-corrected chi connectivity index (χ0v) is 19.3. The van der Waals surface area contributed by atoms with Gasteiger partial charge in [-0.3, -0.25) is 25.8 Å². The van der Waals surface area contributed by atoms with Gasteiger partial charge in [0.1, 0.15) is 5.75 Å². The SMILES string of the molecule is Cc1ccc(C(=O)NC(=S)NNC(=O)COc2ccc(Cl)cc2Br)cc1I. The number of ether oxygens (including phenoxy) is 1. The van der Waals surface area contributed by atoms with Gasteiger partial charge in [0.15, 0.2) is 11.7 Å². The summed E-state index contributed by atoms with van der Waals surface area (Å²) in [5, 5.41) is 3.00. The Morgan fingerprint density at radius 3 is 2.63 bits per heavy atom. The van der Waals surface area contributed by atoms with Crippen LogP contribution in [0.3, 0.4) is 0 Å². The molecule has 0 aromatic heterocycles. The first kappa shape index (κ1) is 21.9. The minimum atomic E-state index is -0.474. The second-order valence-corrected chi connectivity index (χ2v) is 8.15. The molecule has 0 bridgehead atoms. The van der Waals surface area contributed by atoms with Crippen molar-refractivity contribution >= 4 is 79.3 Å². The normalized spacial score (nSPS) is 10.1. The molecule has 10 heteroatoms. The number of amides is 2. The highest BCUT2D eigenvalue weighted by Gasteiger charge is 2.10. The van der Waals surface area contributed by atoms with Crippen molar-refractivity contribution in [1.82, 2.24) is 16.2 Å². The van der Waals surface area contributed by atoms with Gasteiger partial charge in [-0.15, -0.1) is 0 Å². The summed E-state index contributed by atoms with van der Waals surface area (Å²) in [7, 11) is 0. The van der Waals surface area contributed by atoms with E-state index in [0.29, 0.717) is 20.8 Å². The van der Waals surface area contributed by atoms with Gasteiger partial charge in [-0.25, -0.2) is 0 Å². The number of aryl methyl sites for hydroxylation is 1. The van der Waals surface area contributed by atoms with Crippen LogP contribution in [0.1, 0.15) is 15.9 Å². The van der Waals surface area contributed by atoms with E-state index in [-0.39, 0.29) is 17.6 Å². The number of rotatable bonds is 4. The fourth-order valence-corrected chi connectivity index (χ4v) is 3.29. The predicted octanol–water partition coefficient (Wildman–Crippen LogP) is 3.73. The van der Waals surface area contributed by atoms with E-state index in [0.717, 1.165) is 9.13 Å². The van der Waals surface area contributed by atoms with Crippen molar-refractivity contribution in [2.75, 3.05) is 6.61 Å². The topological polar surface area (TPSA) is 79.5 Å². The van der Waals surface area contributed by atoms with Crippen molar-refractivity contribution in [2.24, 2.45) is 0 Å². The highest BCUT2D eigenvalue weighted by Crippen LogP contribution is 2.27. The van der Waals surface area contributed by atoms with Crippen LogP contribution < -0.4 is 20.9 Å². The maximum Gasteiger partial charge on any atom is 0.276 e. The summed E-state index contributed by atoms with van der Waals surface area (Å²) in [5.41, 5.74) is 6.35. The third-order valence-electron chi connectivity index (χ3n) is 3.23. The van der Waals surface area contributed by atoms with Crippen LogP contribution in [0, 0.1) is 10.5 Å². The van der Waals surface area contributed by atoms with Gasteiger partial charge in [-0.1, -0.05) is 17.7 Å². The lowest BCUT2D eigenvalue weighted by molar-refractivity contribution is -0.123. The number of hydrazine groups is 1. The standard InChI is InChI=1S/C17H14BrClIN3O3S/c1-9-2-3-10(6-13(9)20)16(25)21-17(27)23-22-15(24)8-26-14-5-4-11(19)7-12(14)18/h2-7H,8H2,1H3,(H,22,24)(H2,21,23,25,27). The van der Waals surface area contributed by atoms with Crippen molar-refractivity contribution in [3.8, 4) is 5.75 Å². The molecule has 2 amide bonds. The maximum atomic E-state index is 12.1. The van der Waals surface area contributed by atoms with E-state index in [4.69, 9.17) is 28.6 Å². The van der Waals surface area contributed by atoms with Crippen molar-refractivity contribution in [3.05, 3.63) is 60.6 Å². The number of thiocarbonyl (C=S) groups is 1. The van der Waals surface area contributed by atoms with Crippen molar-refractivity contribution in [1.29, 1.82) is 0 Å². The first-order chi connectivity index (χ1) is 12.8. The van der Waals surface area contributed by atoms with Gasteiger partial charge in [-0.2, -0.15) is 0 Å². The summed E-state index contributed by atoms with van der Waals surface area (Å²) in [4.78, 5) is 24.0. The van der Waals surface area contributed by atoms with E-state index in [9.17, 15) is 9.59 Å². The van der Waals surface area contributed by atoms with Gasteiger partial charge in [0, 0.05) is 14.2 Å². The lowest BCUT2D eigenvalue weighted by Gasteiger charge is -2.12. The summed E-state index contributed by atoms with van der Waals surface area (Å²) in [6, 6.07) is 10.2. The van der Waals surface area contributed by atoms with Gasteiger partial charge in [-0.05, 0) is 93.6 Å². The molecule has 0 fully saturated rings. The van der Waals surface area contributed by atoms with Gasteiger partial charge < -0.3 is 4.74 Å². The molecule has 0 saturated carbocycles. The number of carbonyl (C=O) groups is 2. The maximum absolute atomic E-state index is 12.1. The number of benzene rings is 2. The smallest absolute Gasteiger partial charge is 0.276 e. The largest absolute Gasteiger partial charge is 0.483 e. The lowest BCUT2D eigenvalue weighted by Crippen LogP contribution is -2.49. The molecule has 0 unspecified atom stereocenters. The molecule has 0 spiro atoms. The van der Waals surface area contributed by atoms with Crippen LogP contribution in [-0.4, -0.2) is 23.5 Å². The highest BCUT2D eigenvalue weighted by atomic mass is 127. The molecule has 0 aliphatic rings. The van der Waals surface area contributed by atoms with Gasteiger partial charge in [0.25, 0.3) is 11.8 Å². The zero-order chi connectivity index (χ0) is 20.0. The lowest BCUT2D eigenvalue weighted by atomic mass is 10.1. The zero-order valence-electron chi connectivity index (χ0n) is 13.9. The Labute approximate surface area is 188 Å². The molecular formula is C17H14BrClIN3O3S. The van der Waals surface area contributed by atoms with Crippen LogP contribution in [0.15, 0.2) is 40.9 Å². The fourth-order valence-electron chi connectivity index (χ4n) is 1.84. The molecular weight excluding hydrogens is 569 g/mol. The second kappa shape index (κ2) is 10.2. The molecule has 0 saturated heterocycles. The summed E-state index contributed by atoms with van der Waals surface area (Å²) in [6.45, 7) is 1.70. The molecule has 2 aromatic rings. The van der Waals surface area contributed by atoms with Crippen LogP contribution in [0.25, 0.3) is 0 Å². The molecule has 142 valence electrons. The van der Waals surface area contributed by atoms with E-state index < -0.39 is 5.91 Å². The molecule has 6 nitrogen and oxygen atoms in total. The predicted molar refractivity (Wildman–Crippen MR) is 120 cm³/mol. The van der Waals surface area contributed by atoms with Gasteiger partial charge in [0.05, 0.1) is 4.47 Å². The molecule has 0 heterocycles. The number of halogens is 3. The quantitative estimate of drug-likeness (QED) is 0.291. The number of nitrogens with one attached hydrogen (secondary N) is 3. The number of hydrogen-bond acceptors (Lipinski definition) is 4. The molecule has 3 N–H and O–H groups in total. The summed E-state index contributed by atoms with van der Waals surface area (Å²) >= 11 is 16.3. The molecule has 0 radical (unpaired) electrons. The Morgan fingerprint density at radius 2 is 1.96 bits per heavy atom. The Balaban J connectivity index is 1.78. The van der Waals surface area contributed by atoms with E-state index in [1.165, 1.54) is 0 Å². The minimum Gasteiger partial charge on any atom is -0.483 e. The molecule has 0 atom stereocenters. The average molecular weight is 583 g/mol. The Kier molecular flexibility index (Phi) is 8.27. The third kappa shape index (κ3) is 6.91. The number of carbonyl (C=O) groups excluding carboxylic acids is 2. The van der Waals surface area contributed by atoms with Crippen LogP contribution in [0.5, 0.6) is 5.75 Å². The van der Waals surface area contributed by atoms with Crippen molar-refractivity contribution in [2.45, 2.75) is 6.92 Å². The Hall–Kier alpha value is -1.43. The van der Waals surface area contributed by atoms with Gasteiger partial charge in [0.2, 0.25) is 0 Å². The van der Waals surface area contributed by atoms with Crippen LogP contribution in [-0.2, 0) is 4.79 Å². The fraction of sp³-hybridized carbons (Fsp3) is 0.118. The van der Waals surface area contributed by atoms with E-state index in [1.807, 2.05) is 13.0 Å². The molecule has 0 aliphatic carbocycles. The summed E-state index contributed by atoms with van der Waals surface area (Å²) in [6.07, 6.45) is 0. The summed E-state index contributed by atoms with van der Waals surface area (Å²) < 4.78 is 6.97. The molecule has 27 heavy (non-hydrogen) atoms. The third-order valence-corrected chi connectivity index (χ3v) is 5.45. The van der Waals surface area contributed by atoms with E-state index in [1.54, 1.807) is 30.3 Å². The average Bonchev–Trinajstić information content (AvgIpc) is 2.61. The van der Waals surface area contributed by atoms with Crippen LogP contribution in [0.2, 0.25) is 5.02 Å². The van der Waals surface area contributed by atoms with E-state index in [2.05, 4.69) is 54.7 Å². The Bertz CT molecular complexity index is 898. The highest BCUT2D eigenvalue weighted by molar-refractivity contribution is 14.1. The Morgan fingerprint density at radius 1 is 1.22 bits per heavy atom. The molecule has 2 rings (SSSR count). The second-order valence-electron chi connectivity index (χ2n) is 5.28. The summed E-state index contributed by atoms with van der Waals surface area (Å²) in [5.74, 6) is -0.376. The minimum absolute atomic E-state index is 0.0309. The molecule has 0 aliphatic heterocycles. The van der Waals surface area contributed by atoms with Gasteiger partial charge >= 0.3 is 0 Å². The monoisotopic (exact) mass is 581 g/mol. The van der Waals surface area contributed by atoms with Crippen molar-refractivity contribution < 1.29 is 14.3 Å². The van der Waals surface area contributed by atoms with E-state index >= 15 is 0 Å². The molecule has 2 aromatic carbocycles. The first-order valence-corrected chi connectivity index (χ1v) is 10.2. The van der Waals surface area contributed by atoms with Crippen LogP contribution in [0.4, 0.5) is 0 Å². The van der Waals surface area contributed by atoms with Crippen LogP contribution >= 0.6 is 62.3 Å². The van der Waals surface area contributed by atoms with Crippen molar-refractivity contribution in [3.63, 3.8) is 0 Å².